The van der Waals surface area contributed by atoms with Crippen LogP contribution in [0, 0.1) is 6.92 Å². The van der Waals surface area contributed by atoms with Gasteiger partial charge in [0.1, 0.15) is 17.1 Å². The second-order valence-electron chi connectivity index (χ2n) is 7.62. The molecule has 1 amide bonds. The summed E-state index contributed by atoms with van der Waals surface area (Å²) in [5.41, 5.74) is 3.49. The van der Waals surface area contributed by atoms with Gasteiger partial charge in [-0.3, -0.25) is 9.59 Å². The number of carbonyl (C=O) groups excluding carboxylic acids is 2. The Morgan fingerprint density at radius 2 is 1.84 bits per heavy atom. The van der Waals surface area contributed by atoms with Crippen LogP contribution in [0.1, 0.15) is 50.6 Å². The number of nitrogens with one attached hydrogen (secondary N) is 2. The SMILES string of the molecule is Cc1onc(-c2ccc(Br)cc2)c1C(=O)c1c[nH]c(C(=O)NC[C@H](C)c2ccccc2)c1. The number of H-pyrrole nitrogens is 1. The minimum Gasteiger partial charge on any atom is -0.360 e. The lowest BCUT2D eigenvalue weighted by Gasteiger charge is -2.12. The first-order valence-electron chi connectivity index (χ1n) is 10.2. The van der Waals surface area contributed by atoms with Gasteiger partial charge in [0, 0.05) is 28.3 Å². The predicted molar refractivity (Wildman–Crippen MR) is 126 cm³/mol. The molecule has 4 aromatic rings. The molecule has 0 bridgehead atoms. The van der Waals surface area contributed by atoms with E-state index < -0.39 is 0 Å². The molecule has 2 aromatic heterocycles. The van der Waals surface area contributed by atoms with E-state index in [0.717, 1.165) is 15.6 Å². The highest BCUT2D eigenvalue weighted by Gasteiger charge is 2.24. The minimum atomic E-state index is -0.262. The summed E-state index contributed by atoms with van der Waals surface area (Å²) in [6.45, 7) is 4.25. The highest BCUT2D eigenvalue weighted by molar-refractivity contribution is 9.10. The number of aryl methyl sites for hydroxylation is 1. The van der Waals surface area contributed by atoms with Gasteiger partial charge in [-0.1, -0.05) is 70.5 Å². The van der Waals surface area contributed by atoms with Crippen LogP contribution in [0.3, 0.4) is 0 Å². The fourth-order valence-corrected chi connectivity index (χ4v) is 3.75. The standard InChI is InChI=1S/C25H22BrN3O3/c1-15(17-6-4-3-5-7-17)13-28-25(31)21-12-19(14-27-21)24(30)22-16(2)32-29-23(22)18-8-10-20(26)11-9-18/h3-12,14-15,27H,13H2,1-2H3,(H,28,31)/t15-/m0/s1. The maximum Gasteiger partial charge on any atom is 0.267 e. The molecular formula is C25H22BrN3O3. The largest absolute Gasteiger partial charge is 0.360 e. The number of nitrogens with zero attached hydrogens (tertiary/aromatic N) is 1. The number of carbonyl (C=O) groups is 2. The van der Waals surface area contributed by atoms with Gasteiger partial charge in [0.15, 0.2) is 5.78 Å². The summed E-state index contributed by atoms with van der Waals surface area (Å²) in [4.78, 5) is 28.7. The van der Waals surface area contributed by atoms with Gasteiger partial charge in [-0.05, 0) is 36.6 Å². The molecule has 1 atom stereocenters. The molecule has 0 radical (unpaired) electrons. The summed E-state index contributed by atoms with van der Waals surface area (Å²) in [5, 5.41) is 7.00. The third kappa shape index (κ3) is 4.57. The Labute approximate surface area is 194 Å². The van der Waals surface area contributed by atoms with E-state index in [1.54, 1.807) is 13.0 Å². The normalized spacial score (nSPS) is 11.8. The van der Waals surface area contributed by atoms with Gasteiger partial charge in [-0.15, -0.1) is 0 Å². The van der Waals surface area contributed by atoms with E-state index in [2.05, 4.69) is 38.3 Å². The van der Waals surface area contributed by atoms with Crippen LogP contribution in [0.4, 0.5) is 0 Å². The maximum absolute atomic E-state index is 13.2. The van der Waals surface area contributed by atoms with Crippen LogP contribution in [0.25, 0.3) is 11.3 Å². The maximum atomic E-state index is 13.2. The zero-order valence-corrected chi connectivity index (χ0v) is 19.3. The van der Waals surface area contributed by atoms with E-state index in [9.17, 15) is 9.59 Å². The molecule has 0 saturated heterocycles. The van der Waals surface area contributed by atoms with Crippen LogP contribution in [0.15, 0.2) is 75.9 Å². The van der Waals surface area contributed by atoms with E-state index in [0.29, 0.717) is 34.8 Å². The second-order valence-corrected chi connectivity index (χ2v) is 8.54. The molecule has 0 fully saturated rings. The average Bonchev–Trinajstić information content (AvgIpc) is 3.45. The average molecular weight is 492 g/mol. The Kier molecular flexibility index (Phi) is 6.37. The number of hydrogen-bond donors (Lipinski definition) is 2. The van der Waals surface area contributed by atoms with Gasteiger partial charge in [0.25, 0.3) is 5.91 Å². The monoisotopic (exact) mass is 491 g/mol. The molecule has 7 heteroatoms. The number of aromatic amines is 1. The lowest BCUT2D eigenvalue weighted by Crippen LogP contribution is -2.27. The molecule has 2 N–H and O–H groups in total. The summed E-state index contributed by atoms with van der Waals surface area (Å²) < 4.78 is 6.24. The zero-order chi connectivity index (χ0) is 22.7. The lowest BCUT2D eigenvalue weighted by atomic mass is 9.99. The summed E-state index contributed by atoms with van der Waals surface area (Å²) in [7, 11) is 0. The van der Waals surface area contributed by atoms with E-state index >= 15 is 0 Å². The summed E-state index contributed by atoms with van der Waals surface area (Å²) in [6.07, 6.45) is 1.54. The molecule has 2 heterocycles. The smallest absolute Gasteiger partial charge is 0.267 e. The summed E-state index contributed by atoms with van der Waals surface area (Å²) in [5.74, 6) is 0.0813. The van der Waals surface area contributed by atoms with E-state index in [1.165, 1.54) is 6.20 Å². The highest BCUT2D eigenvalue weighted by atomic mass is 79.9. The van der Waals surface area contributed by atoms with Crippen LogP contribution < -0.4 is 5.32 Å². The van der Waals surface area contributed by atoms with Gasteiger partial charge < -0.3 is 14.8 Å². The van der Waals surface area contributed by atoms with Crippen molar-refractivity contribution in [2.24, 2.45) is 0 Å². The van der Waals surface area contributed by atoms with Crippen LogP contribution in [0.2, 0.25) is 0 Å². The van der Waals surface area contributed by atoms with Gasteiger partial charge in [0.2, 0.25) is 0 Å². The molecular weight excluding hydrogens is 470 g/mol. The van der Waals surface area contributed by atoms with Crippen molar-refractivity contribution in [1.29, 1.82) is 0 Å². The highest BCUT2D eigenvalue weighted by Crippen LogP contribution is 2.28. The van der Waals surface area contributed by atoms with Crippen LogP contribution in [-0.2, 0) is 0 Å². The Bertz CT molecular complexity index is 1240. The Morgan fingerprint density at radius 1 is 1.12 bits per heavy atom. The van der Waals surface area contributed by atoms with Crippen molar-refractivity contribution < 1.29 is 14.1 Å². The van der Waals surface area contributed by atoms with Crippen molar-refractivity contribution in [2.75, 3.05) is 6.54 Å². The number of hydrogen-bond acceptors (Lipinski definition) is 4. The van der Waals surface area contributed by atoms with Gasteiger partial charge in [0.05, 0.1) is 5.56 Å². The van der Waals surface area contributed by atoms with Crippen LogP contribution in [-0.4, -0.2) is 28.4 Å². The molecule has 0 unspecified atom stereocenters. The zero-order valence-electron chi connectivity index (χ0n) is 17.7. The Hall–Kier alpha value is -3.45. The molecule has 0 aliphatic rings. The molecule has 32 heavy (non-hydrogen) atoms. The quantitative estimate of drug-likeness (QED) is 0.334. The number of aromatic nitrogens is 2. The van der Waals surface area contributed by atoms with Crippen molar-refractivity contribution in [3.05, 3.63) is 99.5 Å². The lowest BCUT2D eigenvalue weighted by molar-refractivity contribution is 0.0947. The number of benzene rings is 2. The molecule has 0 saturated carbocycles. The summed E-state index contributed by atoms with van der Waals surface area (Å²) >= 11 is 3.41. The first kappa shape index (κ1) is 21.8. The van der Waals surface area contributed by atoms with Crippen molar-refractivity contribution in [2.45, 2.75) is 19.8 Å². The molecule has 2 aromatic carbocycles. The van der Waals surface area contributed by atoms with Gasteiger partial charge in [-0.25, -0.2) is 0 Å². The fourth-order valence-electron chi connectivity index (χ4n) is 3.49. The van der Waals surface area contributed by atoms with Crippen molar-refractivity contribution in [3.8, 4) is 11.3 Å². The first-order valence-corrected chi connectivity index (χ1v) is 11.0. The fraction of sp³-hybridized carbons (Fsp3) is 0.160. The Morgan fingerprint density at radius 3 is 2.56 bits per heavy atom. The number of ketones is 1. The molecule has 162 valence electrons. The number of halogens is 1. The third-order valence-corrected chi connectivity index (χ3v) is 5.86. The second kappa shape index (κ2) is 9.36. The number of rotatable bonds is 7. The van der Waals surface area contributed by atoms with Gasteiger partial charge >= 0.3 is 0 Å². The van der Waals surface area contributed by atoms with E-state index in [4.69, 9.17) is 4.52 Å². The first-order chi connectivity index (χ1) is 15.4. The molecule has 6 nitrogen and oxygen atoms in total. The van der Waals surface area contributed by atoms with Gasteiger partial charge in [-0.2, -0.15) is 0 Å². The van der Waals surface area contributed by atoms with Crippen molar-refractivity contribution in [3.63, 3.8) is 0 Å². The van der Waals surface area contributed by atoms with E-state index in [1.807, 2.05) is 54.6 Å². The van der Waals surface area contributed by atoms with Crippen molar-refractivity contribution in [1.82, 2.24) is 15.5 Å². The van der Waals surface area contributed by atoms with Crippen LogP contribution in [0.5, 0.6) is 0 Å². The summed E-state index contributed by atoms with van der Waals surface area (Å²) in [6, 6.07) is 19.0. The van der Waals surface area contributed by atoms with E-state index in [-0.39, 0.29) is 17.6 Å². The van der Waals surface area contributed by atoms with Crippen LogP contribution >= 0.6 is 15.9 Å². The Balaban J connectivity index is 1.49. The predicted octanol–water partition coefficient (Wildman–Crippen LogP) is 5.51. The van der Waals surface area contributed by atoms with Crippen molar-refractivity contribution >= 4 is 27.6 Å². The number of amides is 1. The molecule has 0 aliphatic carbocycles. The molecule has 0 spiro atoms. The topological polar surface area (TPSA) is 88.0 Å². The minimum absolute atomic E-state index is 0.171. The molecule has 4 rings (SSSR count). The third-order valence-electron chi connectivity index (χ3n) is 5.33. The molecule has 0 aliphatic heterocycles.